The predicted molar refractivity (Wildman–Crippen MR) is 72.5 cm³/mol. The lowest BCUT2D eigenvalue weighted by molar-refractivity contribution is -0.148. The van der Waals surface area contributed by atoms with E-state index < -0.39 is 12.0 Å². The van der Waals surface area contributed by atoms with Crippen molar-refractivity contribution in [2.24, 2.45) is 11.8 Å². The number of amides is 2. The summed E-state index contributed by atoms with van der Waals surface area (Å²) in [7, 11) is 5.68. The first-order valence-electron chi connectivity index (χ1n) is 6.63. The molecule has 0 aliphatic carbocycles. The van der Waals surface area contributed by atoms with Gasteiger partial charge in [0, 0.05) is 20.1 Å². The molecule has 1 saturated heterocycles. The Bertz CT molecular complexity index is 344. The molecule has 0 aromatic carbocycles. The number of aliphatic hydroxyl groups excluding tert-OH is 1. The molecule has 0 spiro atoms. The highest BCUT2D eigenvalue weighted by Gasteiger charge is 2.47. The monoisotopic (exact) mass is 271 g/mol. The van der Waals surface area contributed by atoms with Gasteiger partial charge in [-0.25, -0.2) is 0 Å². The highest BCUT2D eigenvalue weighted by atomic mass is 16.3. The molecule has 0 unspecified atom stereocenters. The Balaban J connectivity index is 2.55. The van der Waals surface area contributed by atoms with E-state index in [4.69, 9.17) is 0 Å². The number of likely N-dealkylation sites (N-methyl/N-ethyl adjacent to an activating group) is 2. The van der Waals surface area contributed by atoms with Crippen LogP contribution in [0.5, 0.6) is 0 Å². The molecule has 6 nitrogen and oxygen atoms in total. The van der Waals surface area contributed by atoms with Gasteiger partial charge in [0.1, 0.15) is 0 Å². The summed E-state index contributed by atoms with van der Waals surface area (Å²) in [6, 6.07) is -0.262. The first-order chi connectivity index (χ1) is 8.75. The van der Waals surface area contributed by atoms with E-state index in [9.17, 15) is 14.7 Å². The van der Waals surface area contributed by atoms with Crippen molar-refractivity contribution in [2.75, 3.05) is 34.2 Å². The fraction of sp³-hybridized carbons (Fsp3) is 0.846. The minimum absolute atomic E-state index is 0.00231. The predicted octanol–water partition coefficient (Wildman–Crippen LogP) is -0.862. The molecule has 19 heavy (non-hydrogen) atoms. The number of nitrogens with one attached hydrogen (secondary N) is 1. The molecular formula is C13H25N3O3. The summed E-state index contributed by atoms with van der Waals surface area (Å²) < 4.78 is 0. The zero-order chi connectivity index (χ0) is 14.7. The number of β-lactam (4-membered cyclic amide) rings is 1. The van der Waals surface area contributed by atoms with Crippen molar-refractivity contribution >= 4 is 11.8 Å². The van der Waals surface area contributed by atoms with Crippen LogP contribution >= 0.6 is 0 Å². The van der Waals surface area contributed by atoms with E-state index in [1.165, 1.54) is 0 Å². The van der Waals surface area contributed by atoms with Gasteiger partial charge in [0.05, 0.1) is 24.0 Å². The maximum atomic E-state index is 12.2. The van der Waals surface area contributed by atoms with Crippen molar-refractivity contribution in [3.05, 3.63) is 0 Å². The standard InChI is InChI=1S/C13H25N3O3/c1-8(11-10(9(2)17)12(18)14-11)13(19)16(5)7-6-15(3)4/h8-11,17H,6-7H2,1-5H3,(H,14,18)/t8-,9-,10-,11-/m1/s1. The van der Waals surface area contributed by atoms with Crippen LogP contribution in [0, 0.1) is 11.8 Å². The van der Waals surface area contributed by atoms with Gasteiger partial charge in [-0.05, 0) is 21.0 Å². The Labute approximate surface area is 114 Å². The van der Waals surface area contributed by atoms with E-state index >= 15 is 0 Å². The van der Waals surface area contributed by atoms with Crippen LogP contribution in [0.4, 0.5) is 0 Å². The molecule has 0 radical (unpaired) electrons. The summed E-state index contributed by atoms with van der Waals surface area (Å²) in [5, 5.41) is 12.3. The van der Waals surface area contributed by atoms with E-state index in [0.717, 1.165) is 6.54 Å². The summed E-state index contributed by atoms with van der Waals surface area (Å²) >= 11 is 0. The van der Waals surface area contributed by atoms with Crippen molar-refractivity contribution in [1.29, 1.82) is 0 Å². The van der Waals surface area contributed by atoms with Crippen LogP contribution < -0.4 is 5.32 Å². The maximum absolute atomic E-state index is 12.2. The molecule has 2 amide bonds. The van der Waals surface area contributed by atoms with Gasteiger partial charge in [0.2, 0.25) is 11.8 Å². The number of hydrogen-bond acceptors (Lipinski definition) is 4. The summed E-state index contributed by atoms with van der Waals surface area (Å²) in [5.41, 5.74) is 0. The largest absolute Gasteiger partial charge is 0.393 e. The topological polar surface area (TPSA) is 72.9 Å². The molecule has 1 aliphatic heterocycles. The van der Waals surface area contributed by atoms with Crippen LogP contribution in [0.15, 0.2) is 0 Å². The first kappa shape index (κ1) is 15.9. The number of hydrogen-bond donors (Lipinski definition) is 2. The molecular weight excluding hydrogens is 246 g/mol. The van der Waals surface area contributed by atoms with E-state index in [-0.39, 0.29) is 23.8 Å². The Morgan fingerprint density at radius 3 is 2.32 bits per heavy atom. The number of nitrogens with zero attached hydrogens (tertiary/aromatic N) is 2. The second-order valence-electron chi connectivity index (χ2n) is 5.65. The SMILES string of the molecule is C[C@@H](O)[C@H]1C(=O)N[C@@H]1[C@@H](C)C(=O)N(C)CCN(C)C. The first-order valence-corrected chi connectivity index (χ1v) is 6.63. The second kappa shape index (κ2) is 6.34. The van der Waals surface area contributed by atoms with Crippen LogP contribution in [0.1, 0.15) is 13.8 Å². The average Bonchev–Trinajstić information content (AvgIpc) is 2.29. The van der Waals surface area contributed by atoms with Crippen molar-refractivity contribution in [2.45, 2.75) is 26.0 Å². The van der Waals surface area contributed by atoms with Crippen molar-refractivity contribution in [1.82, 2.24) is 15.1 Å². The molecule has 0 saturated carbocycles. The molecule has 1 heterocycles. The number of aliphatic hydroxyl groups is 1. The van der Waals surface area contributed by atoms with Crippen molar-refractivity contribution < 1.29 is 14.7 Å². The Morgan fingerprint density at radius 1 is 1.32 bits per heavy atom. The Morgan fingerprint density at radius 2 is 1.89 bits per heavy atom. The summed E-state index contributed by atoms with van der Waals surface area (Å²) in [4.78, 5) is 27.3. The normalized spacial score (nSPS) is 25.5. The lowest BCUT2D eigenvalue weighted by atomic mass is 9.78. The number of carbonyl (C=O) groups is 2. The van der Waals surface area contributed by atoms with E-state index in [1.807, 2.05) is 19.0 Å². The highest BCUT2D eigenvalue weighted by Crippen LogP contribution is 2.26. The fourth-order valence-electron chi connectivity index (χ4n) is 2.33. The number of carbonyl (C=O) groups excluding carboxylic acids is 2. The van der Waals surface area contributed by atoms with Gasteiger partial charge >= 0.3 is 0 Å². The molecule has 0 aromatic heterocycles. The lowest BCUT2D eigenvalue weighted by Crippen LogP contribution is -2.66. The third-order valence-corrected chi connectivity index (χ3v) is 3.71. The molecule has 2 N–H and O–H groups in total. The smallest absolute Gasteiger partial charge is 0.228 e. The van der Waals surface area contributed by atoms with Crippen molar-refractivity contribution in [3.8, 4) is 0 Å². The minimum atomic E-state index is -0.721. The van der Waals surface area contributed by atoms with Crippen LogP contribution in [0.3, 0.4) is 0 Å². The Hall–Kier alpha value is -1.14. The van der Waals surface area contributed by atoms with Gasteiger partial charge in [-0.15, -0.1) is 0 Å². The van der Waals surface area contributed by atoms with Crippen LogP contribution in [0.2, 0.25) is 0 Å². The number of rotatable bonds is 6. The third kappa shape index (κ3) is 3.67. The van der Waals surface area contributed by atoms with E-state index in [0.29, 0.717) is 6.54 Å². The zero-order valence-corrected chi connectivity index (χ0v) is 12.4. The summed E-state index contributed by atoms with van der Waals surface area (Å²) in [5.74, 6) is -0.959. The van der Waals surface area contributed by atoms with Gasteiger partial charge in [0.25, 0.3) is 0 Å². The highest BCUT2D eigenvalue weighted by molar-refractivity contribution is 5.90. The van der Waals surface area contributed by atoms with Gasteiger partial charge in [-0.3, -0.25) is 9.59 Å². The van der Waals surface area contributed by atoms with E-state index in [1.54, 1.807) is 25.8 Å². The van der Waals surface area contributed by atoms with Crippen molar-refractivity contribution in [3.63, 3.8) is 0 Å². The molecule has 1 rings (SSSR count). The van der Waals surface area contributed by atoms with E-state index in [2.05, 4.69) is 5.32 Å². The van der Waals surface area contributed by atoms with Crippen LogP contribution in [0.25, 0.3) is 0 Å². The molecule has 0 bridgehead atoms. The molecule has 0 aromatic rings. The van der Waals surface area contributed by atoms with Gasteiger partial charge in [0.15, 0.2) is 0 Å². The van der Waals surface area contributed by atoms with Gasteiger partial charge in [-0.1, -0.05) is 6.92 Å². The Kier molecular flexibility index (Phi) is 5.31. The molecule has 1 aliphatic rings. The fourth-order valence-corrected chi connectivity index (χ4v) is 2.33. The molecule has 4 atom stereocenters. The molecule has 1 fully saturated rings. The maximum Gasteiger partial charge on any atom is 0.228 e. The molecule has 110 valence electrons. The van der Waals surface area contributed by atoms with Gasteiger partial charge < -0.3 is 20.2 Å². The molecule has 6 heteroatoms. The summed E-state index contributed by atoms with van der Waals surface area (Å²) in [6.07, 6.45) is -0.721. The van der Waals surface area contributed by atoms with Crippen LogP contribution in [-0.2, 0) is 9.59 Å². The zero-order valence-electron chi connectivity index (χ0n) is 12.4. The van der Waals surface area contributed by atoms with Gasteiger partial charge in [-0.2, -0.15) is 0 Å². The quantitative estimate of drug-likeness (QED) is 0.617. The third-order valence-electron chi connectivity index (χ3n) is 3.71. The van der Waals surface area contributed by atoms with Crippen LogP contribution in [-0.4, -0.2) is 73.1 Å². The minimum Gasteiger partial charge on any atom is -0.393 e. The summed E-state index contributed by atoms with van der Waals surface area (Å²) in [6.45, 7) is 4.83. The second-order valence-corrected chi connectivity index (χ2v) is 5.65. The lowest BCUT2D eigenvalue weighted by Gasteiger charge is -2.42. The average molecular weight is 271 g/mol.